The molecule has 47 heavy (non-hydrogen) atoms. The number of aromatic nitrogens is 5. The Morgan fingerprint density at radius 2 is 1.21 bits per heavy atom. The second-order valence-corrected chi connectivity index (χ2v) is 12.9. The molecule has 0 radical (unpaired) electrons. The SMILES string of the molecule is CC1CCOCC1.Cc1ccccc1.Cc1ccccn1.Cc1cccs1.Cc1ccncc1.Cc1cnccn1.Cc1cncs1. The number of hydrogen-bond acceptors (Lipinski definition) is 8. The standard InChI is InChI=1S/C7H8.2C6H7N.C6H12O.C5H6N2.C5H6S.C4H5NS/c1-7-5-3-2-4-6-7;1-6-2-4-7-5-3-6;1-6-4-2-3-5-7-6;1-6-2-4-7-5-3-6;1-5-4-6-2-3-7-5;1-5-3-2-4-6-5;1-4-2-5-3-6-4/h2-6H,1H3;2*2-5H,1H3;6H,2-5H2,1H3;2-4H,1H3;2-4H,1H3;2-3H,1H3. The van der Waals surface area contributed by atoms with Crippen LogP contribution in [0.4, 0.5) is 0 Å². The summed E-state index contributed by atoms with van der Waals surface area (Å²) in [6.45, 7) is 16.4. The van der Waals surface area contributed by atoms with E-state index in [9.17, 15) is 0 Å². The Bertz CT molecular complexity index is 1270. The van der Waals surface area contributed by atoms with Crippen molar-refractivity contribution >= 4 is 22.7 Å². The molecule has 6 heterocycles. The van der Waals surface area contributed by atoms with E-state index in [1.54, 1.807) is 59.9 Å². The third-order valence-electron chi connectivity index (χ3n) is 6.02. The van der Waals surface area contributed by atoms with Gasteiger partial charge < -0.3 is 4.74 Å². The number of rotatable bonds is 0. The van der Waals surface area contributed by atoms with E-state index in [-0.39, 0.29) is 0 Å². The molecular weight excluding hydrogens is 619 g/mol. The van der Waals surface area contributed by atoms with Gasteiger partial charge in [0.15, 0.2) is 0 Å². The van der Waals surface area contributed by atoms with Gasteiger partial charge in [-0.2, -0.15) is 0 Å². The van der Waals surface area contributed by atoms with Gasteiger partial charge in [-0.1, -0.05) is 55.0 Å². The Morgan fingerprint density at radius 1 is 0.553 bits per heavy atom. The predicted molar refractivity (Wildman–Crippen MR) is 201 cm³/mol. The molecule has 6 aromatic rings. The molecule has 0 atom stereocenters. The largest absolute Gasteiger partial charge is 0.381 e. The van der Waals surface area contributed by atoms with Crippen LogP contribution in [-0.4, -0.2) is 38.1 Å². The second-order valence-electron chi connectivity index (χ2n) is 10.6. The molecule has 1 fully saturated rings. The first-order valence-corrected chi connectivity index (χ1v) is 17.4. The highest BCUT2D eigenvalue weighted by Crippen LogP contribution is 2.12. The van der Waals surface area contributed by atoms with Gasteiger partial charge in [-0.05, 0) is 102 Å². The fourth-order valence-electron chi connectivity index (χ4n) is 3.24. The summed E-state index contributed by atoms with van der Waals surface area (Å²) in [7, 11) is 0. The lowest BCUT2D eigenvalue weighted by Crippen LogP contribution is -2.12. The minimum atomic E-state index is 0.911. The van der Waals surface area contributed by atoms with E-state index in [4.69, 9.17) is 4.74 Å². The number of ether oxygens (including phenoxy) is 1. The average molecular weight is 670 g/mol. The van der Waals surface area contributed by atoms with Crippen LogP contribution in [0.2, 0.25) is 0 Å². The number of pyridine rings is 2. The van der Waals surface area contributed by atoms with Crippen molar-refractivity contribution in [3.8, 4) is 0 Å². The van der Waals surface area contributed by atoms with Crippen LogP contribution in [0.1, 0.15) is 52.0 Å². The van der Waals surface area contributed by atoms with E-state index in [1.807, 2.05) is 87.9 Å². The number of nitrogens with zero attached hydrogens (tertiary/aromatic N) is 5. The van der Waals surface area contributed by atoms with Gasteiger partial charge in [0, 0.05) is 72.0 Å². The van der Waals surface area contributed by atoms with Gasteiger partial charge in [0.05, 0.1) is 11.2 Å². The predicted octanol–water partition coefficient (Wildman–Crippen LogP) is 10.5. The molecular formula is C39H51N5OS2. The average Bonchev–Trinajstić information content (AvgIpc) is 3.78. The first-order chi connectivity index (χ1) is 22.8. The molecule has 0 bridgehead atoms. The van der Waals surface area contributed by atoms with Crippen molar-refractivity contribution in [1.29, 1.82) is 0 Å². The van der Waals surface area contributed by atoms with Gasteiger partial charge in [-0.3, -0.25) is 24.9 Å². The number of benzene rings is 1. The van der Waals surface area contributed by atoms with Crippen molar-refractivity contribution in [3.63, 3.8) is 0 Å². The minimum Gasteiger partial charge on any atom is -0.381 e. The summed E-state index contributed by atoms with van der Waals surface area (Å²) in [4.78, 5) is 22.1. The van der Waals surface area contributed by atoms with Crippen LogP contribution in [-0.2, 0) is 4.74 Å². The van der Waals surface area contributed by atoms with Crippen LogP contribution >= 0.6 is 22.7 Å². The van der Waals surface area contributed by atoms with Gasteiger partial charge in [0.1, 0.15) is 0 Å². The highest BCUT2D eigenvalue weighted by atomic mass is 32.1. The zero-order valence-electron chi connectivity index (χ0n) is 29.0. The van der Waals surface area contributed by atoms with Gasteiger partial charge >= 0.3 is 0 Å². The van der Waals surface area contributed by atoms with Gasteiger partial charge in [0.2, 0.25) is 0 Å². The number of thiophene rings is 1. The normalized spacial score (nSPS) is 11.2. The van der Waals surface area contributed by atoms with Gasteiger partial charge in [-0.15, -0.1) is 22.7 Å². The van der Waals surface area contributed by atoms with Crippen LogP contribution < -0.4 is 0 Å². The fourth-order valence-corrected chi connectivity index (χ4v) is 4.18. The Kier molecular flexibility index (Phi) is 24.5. The van der Waals surface area contributed by atoms with Crippen molar-refractivity contribution in [2.75, 3.05) is 13.2 Å². The first kappa shape index (κ1) is 40.9. The number of hydrogen-bond donors (Lipinski definition) is 0. The Morgan fingerprint density at radius 3 is 1.47 bits per heavy atom. The summed E-state index contributed by atoms with van der Waals surface area (Å²) in [5.74, 6) is 0.911. The van der Waals surface area contributed by atoms with Crippen molar-refractivity contribution < 1.29 is 4.74 Å². The van der Waals surface area contributed by atoms with E-state index in [0.717, 1.165) is 30.5 Å². The van der Waals surface area contributed by atoms with Crippen LogP contribution in [0.3, 0.4) is 0 Å². The molecule has 0 N–H and O–H groups in total. The van der Waals surface area contributed by atoms with Crippen molar-refractivity contribution in [3.05, 3.63) is 159 Å². The molecule has 1 aromatic carbocycles. The Balaban J connectivity index is 0.000000274. The molecule has 5 aromatic heterocycles. The molecule has 0 aliphatic carbocycles. The lowest BCUT2D eigenvalue weighted by molar-refractivity contribution is 0.0716. The molecule has 8 heteroatoms. The Hall–Kier alpha value is -4.11. The molecule has 1 aliphatic rings. The van der Waals surface area contributed by atoms with Crippen LogP contribution in [0.5, 0.6) is 0 Å². The van der Waals surface area contributed by atoms with E-state index in [0.29, 0.717) is 0 Å². The maximum atomic E-state index is 5.14. The van der Waals surface area contributed by atoms with Gasteiger partial charge in [0.25, 0.3) is 0 Å². The van der Waals surface area contributed by atoms with Crippen molar-refractivity contribution in [2.45, 2.75) is 61.3 Å². The summed E-state index contributed by atoms with van der Waals surface area (Å²) in [6, 6.07) is 24.2. The fraction of sp³-hybridized carbons (Fsp3) is 0.308. The summed E-state index contributed by atoms with van der Waals surface area (Å²) in [6.07, 6.45) is 14.8. The lowest BCUT2D eigenvalue weighted by Gasteiger charge is -2.16. The summed E-state index contributed by atoms with van der Waals surface area (Å²) in [5.41, 5.74) is 6.44. The highest BCUT2D eigenvalue weighted by Gasteiger charge is 2.06. The monoisotopic (exact) mass is 669 g/mol. The van der Waals surface area contributed by atoms with E-state index >= 15 is 0 Å². The van der Waals surface area contributed by atoms with E-state index in [2.05, 4.69) is 75.3 Å². The molecule has 1 aliphatic heterocycles. The maximum absolute atomic E-state index is 5.14. The van der Waals surface area contributed by atoms with E-state index in [1.165, 1.54) is 33.7 Å². The minimum absolute atomic E-state index is 0.911. The van der Waals surface area contributed by atoms with Crippen LogP contribution in [0, 0.1) is 47.5 Å². The second kappa shape index (κ2) is 28.1. The highest BCUT2D eigenvalue weighted by molar-refractivity contribution is 7.09. The zero-order chi connectivity index (χ0) is 34.4. The number of thiazole rings is 1. The third-order valence-corrected chi connectivity index (χ3v) is 7.53. The molecule has 250 valence electrons. The topological polar surface area (TPSA) is 73.7 Å². The molecule has 6 nitrogen and oxygen atoms in total. The molecule has 0 amide bonds. The maximum Gasteiger partial charge on any atom is 0.0794 e. The zero-order valence-corrected chi connectivity index (χ0v) is 30.6. The summed E-state index contributed by atoms with van der Waals surface area (Å²) in [5, 5.41) is 2.08. The van der Waals surface area contributed by atoms with E-state index < -0.39 is 0 Å². The molecule has 0 saturated carbocycles. The summed E-state index contributed by atoms with van der Waals surface area (Å²) < 4.78 is 5.14. The van der Waals surface area contributed by atoms with Crippen molar-refractivity contribution in [1.82, 2.24) is 24.9 Å². The van der Waals surface area contributed by atoms with Crippen LogP contribution in [0.15, 0.2) is 127 Å². The summed E-state index contributed by atoms with van der Waals surface area (Å²) >= 11 is 3.44. The smallest absolute Gasteiger partial charge is 0.0794 e. The molecule has 0 spiro atoms. The Labute approximate surface area is 291 Å². The lowest BCUT2D eigenvalue weighted by atomic mass is 10.0. The first-order valence-electron chi connectivity index (χ1n) is 15.7. The third kappa shape index (κ3) is 26.8. The van der Waals surface area contributed by atoms with Crippen molar-refractivity contribution in [2.24, 2.45) is 5.92 Å². The van der Waals surface area contributed by atoms with Gasteiger partial charge in [-0.25, -0.2) is 0 Å². The molecule has 0 unspecified atom stereocenters. The molecule has 7 rings (SSSR count). The molecule has 1 saturated heterocycles. The number of aryl methyl sites for hydroxylation is 6. The quantitative estimate of drug-likeness (QED) is 0.160. The van der Waals surface area contributed by atoms with Crippen LogP contribution in [0.25, 0.3) is 0 Å².